The van der Waals surface area contributed by atoms with E-state index in [1.807, 2.05) is 24.3 Å². The molecule has 2 amide bonds. The van der Waals surface area contributed by atoms with Crippen molar-refractivity contribution >= 4 is 51.5 Å². The summed E-state index contributed by atoms with van der Waals surface area (Å²) in [6, 6.07) is 8.50. The first-order valence-electron chi connectivity index (χ1n) is 17.6. The number of thioether (sulfide) groups is 1. The van der Waals surface area contributed by atoms with E-state index >= 15 is 0 Å². The fourth-order valence-corrected chi connectivity index (χ4v) is 7.90. The van der Waals surface area contributed by atoms with Gasteiger partial charge in [0.1, 0.15) is 17.3 Å². The molecule has 1 aromatic heterocycles. The number of carbonyl (C=O) groups excluding carboxylic acids is 2. The van der Waals surface area contributed by atoms with Crippen molar-refractivity contribution in [3.05, 3.63) is 53.2 Å². The number of carboxylic acids is 1. The molecule has 21 heteroatoms. The summed E-state index contributed by atoms with van der Waals surface area (Å²) in [7, 11) is -3.44. The standard InChI is InChI=1S/C34H45N9O10S2/c1-33(2)28(30(45)43(33)53-55(48,49)50)39-29(44)27(23-18-54-32(36)41(23)4)40-52-34(3,31(46)47)25-9-6-21-13-20(5-8-24(21)51-25)22-7-10-26(38-12-11-35)42(17-22)16-19-14-37-15-19/h5,7-8,10,13,17-19,25,28,32,37H,6,9,11-12,14-16,35-36H2,1-4H3,(H3,39,44,46,47,48,49,50)/p+1/b40-27-/t25-,28?,32?,34+/m1/s1. The SMILES string of the molecule is CN1C(/C(=N/O[C@](C)(C(=O)O)[C@H]2CCc3cc(-c4ccc(NCCN)[n+](CC5CNC5)c4)ccc3O2)C(=O)NC2C(=O)N(OS(=O)(=O)O)C2(C)C)=CSC1N. The zero-order valence-corrected chi connectivity index (χ0v) is 32.4. The maximum atomic E-state index is 13.7. The molecule has 0 bridgehead atoms. The van der Waals surface area contributed by atoms with Gasteiger partial charge in [0.05, 0.1) is 30.5 Å². The predicted molar refractivity (Wildman–Crippen MR) is 200 cm³/mol. The molecule has 55 heavy (non-hydrogen) atoms. The number of carboxylic acid groups (broad SMARTS) is 1. The number of β-lactam (4-membered cyclic amide) rings is 1. The van der Waals surface area contributed by atoms with Gasteiger partial charge in [0.15, 0.2) is 11.8 Å². The normalized spacial score (nSPS) is 23.4. The second-order valence-corrected chi connectivity index (χ2v) is 16.4. The molecule has 2 saturated heterocycles. The Hall–Kier alpha value is -4.51. The molecular weight excluding hydrogens is 759 g/mol. The lowest BCUT2D eigenvalue weighted by Gasteiger charge is -2.50. The first-order valence-corrected chi connectivity index (χ1v) is 19.9. The van der Waals surface area contributed by atoms with Gasteiger partial charge in [0, 0.05) is 49.6 Å². The van der Waals surface area contributed by atoms with Crippen LogP contribution in [0.4, 0.5) is 5.82 Å². The molecule has 4 aliphatic heterocycles. The molecule has 2 unspecified atom stereocenters. The molecular formula is C34H46N9O10S2+. The Morgan fingerprint density at radius 2 is 1.96 bits per heavy atom. The molecule has 4 aliphatic rings. The Morgan fingerprint density at radius 1 is 1.24 bits per heavy atom. The summed E-state index contributed by atoms with van der Waals surface area (Å²) in [6.07, 6.45) is 1.78. The molecule has 1 aromatic carbocycles. The Balaban J connectivity index is 1.21. The average molecular weight is 805 g/mol. The van der Waals surface area contributed by atoms with Crippen molar-refractivity contribution in [1.82, 2.24) is 20.6 Å². The van der Waals surface area contributed by atoms with Crippen LogP contribution in [0.3, 0.4) is 0 Å². The average Bonchev–Trinajstić information content (AvgIpc) is 3.45. The van der Waals surface area contributed by atoms with E-state index in [4.69, 9.17) is 25.6 Å². The molecule has 19 nitrogen and oxygen atoms in total. The summed E-state index contributed by atoms with van der Waals surface area (Å²) in [4.78, 5) is 46.6. The number of aliphatic carboxylic acids is 1. The number of hydroxylamine groups is 2. The number of amides is 2. The number of nitrogens with one attached hydrogen (secondary N) is 3. The quantitative estimate of drug-likeness (QED) is 0.0402. The first-order chi connectivity index (χ1) is 25.9. The zero-order valence-electron chi connectivity index (χ0n) is 30.7. The van der Waals surface area contributed by atoms with E-state index in [9.17, 15) is 27.9 Å². The van der Waals surface area contributed by atoms with Crippen LogP contribution in [-0.2, 0) is 46.9 Å². The van der Waals surface area contributed by atoms with Gasteiger partial charge in [-0.1, -0.05) is 23.0 Å². The number of hydrogen-bond acceptors (Lipinski definition) is 15. The Morgan fingerprint density at radius 3 is 2.56 bits per heavy atom. The number of nitrogens with zero attached hydrogens (tertiary/aromatic N) is 4. The van der Waals surface area contributed by atoms with Gasteiger partial charge in [0.25, 0.3) is 23.2 Å². The number of aromatic nitrogens is 1. The molecule has 6 rings (SSSR count). The lowest BCUT2D eigenvalue weighted by Crippen LogP contribution is -2.77. The van der Waals surface area contributed by atoms with Crippen molar-refractivity contribution in [2.45, 2.75) is 68.9 Å². The molecule has 2 fully saturated rings. The van der Waals surface area contributed by atoms with Crippen LogP contribution >= 0.6 is 11.8 Å². The van der Waals surface area contributed by atoms with Gasteiger partial charge in [-0.2, -0.15) is 13.5 Å². The van der Waals surface area contributed by atoms with E-state index in [-0.39, 0.29) is 12.1 Å². The van der Waals surface area contributed by atoms with E-state index < -0.39 is 62.7 Å². The number of pyridine rings is 1. The van der Waals surface area contributed by atoms with E-state index in [0.717, 1.165) is 53.9 Å². The Kier molecular flexibility index (Phi) is 11.4. The summed E-state index contributed by atoms with van der Waals surface area (Å²) in [5, 5.41) is 25.7. The highest BCUT2D eigenvalue weighted by molar-refractivity contribution is 8.02. The monoisotopic (exact) mass is 804 g/mol. The minimum Gasteiger partial charge on any atom is -0.485 e. The number of aryl methyl sites for hydroxylation is 1. The topological polar surface area (TPSA) is 264 Å². The molecule has 4 atom stereocenters. The number of rotatable bonds is 15. The summed E-state index contributed by atoms with van der Waals surface area (Å²) < 4.78 is 44.4. The van der Waals surface area contributed by atoms with Gasteiger partial charge in [-0.3, -0.25) is 19.5 Å². The third-order valence-corrected chi connectivity index (χ3v) is 11.5. The minimum absolute atomic E-state index is 0.176. The molecule has 0 radical (unpaired) electrons. The Bertz CT molecular complexity index is 2030. The van der Waals surface area contributed by atoms with Gasteiger partial charge in [-0.15, -0.1) is 4.28 Å². The van der Waals surface area contributed by atoms with E-state index in [1.54, 1.807) is 13.1 Å². The highest BCUT2D eigenvalue weighted by Gasteiger charge is 2.58. The summed E-state index contributed by atoms with van der Waals surface area (Å²) in [5.74, 6) is -1.32. The van der Waals surface area contributed by atoms with Crippen LogP contribution in [0.2, 0.25) is 0 Å². The maximum Gasteiger partial charge on any atom is 0.418 e. The van der Waals surface area contributed by atoms with Crippen molar-refractivity contribution in [2.24, 2.45) is 22.5 Å². The molecule has 9 N–H and O–H groups in total. The van der Waals surface area contributed by atoms with Crippen LogP contribution in [0, 0.1) is 5.92 Å². The van der Waals surface area contributed by atoms with Crippen LogP contribution in [0.15, 0.2) is 52.8 Å². The fourth-order valence-electron chi connectivity index (χ4n) is 6.61. The van der Waals surface area contributed by atoms with Crippen molar-refractivity contribution in [1.29, 1.82) is 0 Å². The van der Waals surface area contributed by atoms with Gasteiger partial charge < -0.3 is 41.7 Å². The summed E-state index contributed by atoms with van der Waals surface area (Å²) >= 11 is 1.16. The zero-order chi connectivity index (χ0) is 39.9. The van der Waals surface area contributed by atoms with Crippen LogP contribution in [-0.4, -0.2) is 114 Å². The minimum atomic E-state index is -5.03. The van der Waals surface area contributed by atoms with Gasteiger partial charge in [0.2, 0.25) is 0 Å². The highest BCUT2D eigenvalue weighted by atomic mass is 32.3. The molecule has 0 aliphatic carbocycles. The van der Waals surface area contributed by atoms with Crippen molar-refractivity contribution < 1.29 is 50.9 Å². The molecule has 5 heterocycles. The van der Waals surface area contributed by atoms with Crippen molar-refractivity contribution in [2.75, 3.05) is 38.5 Å². The molecule has 2 aromatic rings. The largest absolute Gasteiger partial charge is 0.485 e. The van der Waals surface area contributed by atoms with E-state index in [2.05, 4.69) is 36.2 Å². The van der Waals surface area contributed by atoms with Gasteiger partial charge in [-0.05, 0) is 62.9 Å². The van der Waals surface area contributed by atoms with Crippen molar-refractivity contribution in [3.63, 3.8) is 0 Å². The van der Waals surface area contributed by atoms with Crippen LogP contribution < -0.4 is 36.7 Å². The lowest BCUT2D eigenvalue weighted by molar-refractivity contribution is -0.690. The Labute approximate surface area is 322 Å². The van der Waals surface area contributed by atoms with Crippen LogP contribution in [0.25, 0.3) is 11.1 Å². The number of hydrogen-bond donors (Lipinski definition) is 7. The second-order valence-electron chi connectivity index (χ2n) is 14.4. The number of benzene rings is 1. The third kappa shape index (κ3) is 8.23. The van der Waals surface area contributed by atoms with E-state index in [1.165, 1.54) is 31.1 Å². The second kappa shape index (κ2) is 15.6. The predicted octanol–water partition coefficient (Wildman–Crippen LogP) is -0.257. The number of anilines is 1. The van der Waals surface area contributed by atoms with Gasteiger partial charge in [-0.25, -0.2) is 9.36 Å². The smallest absolute Gasteiger partial charge is 0.418 e. The maximum absolute atomic E-state index is 13.7. The third-order valence-electron chi connectivity index (χ3n) is 10.2. The summed E-state index contributed by atoms with van der Waals surface area (Å²) in [6.45, 7) is 8.03. The van der Waals surface area contributed by atoms with Crippen LogP contribution in [0.5, 0.6) is 5.75 Å². The highest BCUT2D eigenvalue weighted by Crippen LogP contribution is 2.37. The number of oxime groups is 1. The fraction of sp³-hybridized carbons (Fsp3) is 0.500. The molecule has 0 saturated carbocycles. The summed E-state index contributed by atoms with van der Waals surface area (Å²) in [5.41, 5.74) is 10.4. The molecule has 298 valence electrons. The van der Waals surface area contributed by atoms with E-state index in [0.29, 0.717) is 36.2 Å². The number of nitrogens with two attached hydrogens (primary N) is 2. The van der Waals surface area contributed by atoms with Crippen LogP contribution in [0.1, 0.15) is 32.8 Å². The van der Waals surface area contributed by atoms with Crippen molar-refractivity contribution in [3.8, 4) is 16.9 Å². The molecule has 0 spiro atoms. The number of fused-ring (bicyclic) bond motifs is 1. The number of ether oxygens (including phenoxy) is 1. The first kappa shape index (κ1) is 40.2. The lowest BCUT2D eigenvalue weighted by atomic mass is 9.84. The van der Waals surface area contributed by atoms with Gasteiger partial charge >= 0.3 is 16.4 Å². The number of carbonyl (C=O) groups is 3.